The average molecular weight is 273 g/mol. The molecule has 20 heavy (non-hydrogen) atoms. The molecular weight excluding hydrogens is 253 g/mol. The first-order chi connectivity index (χ1) is 9.86. The van der Waals surface area contributed by atoms with Crippen molar-refractivity contribution in [3.05, 3.63) is 71.5 Å². The van der Waals surface area contributed by atoms with Gasteiger partial charge >= 0.3 is 0 Å². The number of rotatable bonds is 8. The number of benzene rings is 2. The maximum atomic E-state index is 13.3. The summed E-state index contributed by atoms with van der Waals surface area (Å²) in [6, 6.07) is 17.0. The zero-order valence-corrected chi connectivity index (χ0v) is 11.5. The highest BCUT2D eigenvalue weighted by Crippen LogP contribution is 2.07. The van der Waals surface area contributed by atoms with Crippen LogP contribution in [0.4, 0.5) is 4.39 Å². The molecule has 0 aliphatic rings. The predicted molar refractivity (Wildman–Crippen MR) is 78.8 cm³/mol. The summed E-state index contributed by atoms with van der Waals surface area (Å²) >= 11 is 0. The second kappa shape index (κ2) is 8.46. The lowest BCUT2D eigenvalue weighted by Crippen LogP contribution is -2.16. The maximum Gasteiger partial charge on any atom is 0.128 e. The van der Waals surface area contributed by atoms with E-state index in [1.807, 2.05) is 24.3 Å². The number of hydrogen-bond donors (Lipinski definition) is 1. The fourth-order valence-corrected chi connectivity index (χ4v) is 1.93. The Morgan fingerprint density at radius 2 is 1.70 bits per heavy atom. The first kappa shape index (κ1) is 14.7. The van der Waals surface area contributed by atoms with Crippen LogP contribution in [0.2, 0.25) is 0 Å². The number of halogens is 1. The van der Waals surface area contributed by atoms with E-state index in [1.54, 1.807) is 12.1 Å². The SMILES string of the molecule is Fc1ccccc1COCCCNCc1ccccc1. The van der Waals surface area contributed by atoms with Gasteiger partial charge in [-0.15, -0.1) is 0 Å². The molecule has 0 amide bonds. The van der Waals surface area contributed by atoms with E-state index < -0.39 is 0 Å². The molecule has 0 saturated heterocycles. The van der Waals surface area contributed by atoms with E-state index in [9.17, 15) is 4.39 Å². The van der Waals surface area contributed by atoms with Gasteiger partial charge in [0.1, 0.15) is 5.82 Å². The van der Waals surface area contributed by atoms with Crippen LogP contribution in [0.3, 0.4) is 0 Å². The van der Waals surface area contributed by atoms with Crippen LogP contribution in [0.1, 0.15) is 17.5 Å². The molecule has 0 unspecified atom stereocenters. The fourth-order valence-electron chi connectivity index (χ4n) is 1.93. The summed E-state index contributed by atoms with van der Waals surface area (Å²) in [5, 5.41) is 3.36. The molecule has 0 fully saturated rings. The van der Waals surface area contributed by atoms with Crippen LogP contribution >= 0.6 is 0 Å². The van der Waals surface area contributed by atoms with E-state index in [1.165, 1.54) is 11.6 Å². The van der Waals surface area contributed by atoms with Crippen LogP contribution < -0.4 is 5.32 Å². The highest BCUT2D eigenvalue weighted by Gasteiger charge is 1.99. The maximum absolute atomic E-state index is 13.3. The van der Waals surface area contributed by atoms with Gasteiger partial charge in [0.25, 0.3) is 0 Å². The van der Waals surface area contributed by atoms with Gasteiger partial charge in [-0.3, -0.25) is 0 Å². The van der Waals surface area contributed by atoms with Gasteiger partial charge in [-0.1, -0.05) is 48.5 Å². The third-order valence-corrected chi connectivity index (χ3v) is 3.03. The summed E-state index contributed by atoms with van der Waals surface area (Å²) in [6.07, 6.45) is 0.918. The summed E-state index contributed by atoms with van der Waals surface area (Å²) in [7, 11) is 0. The van der Waals surface area contributed by atoms with Gasteiger partial charge in [0.05, 0.1) is 6.61 Å². The van der Waals surface area contributed by atoms with Gasteiger partial charge in [0.15, 0.2) is 0 Å². The second-order valence-electron chi connectivity index (χ2n) is 4.66. The highest BCUT2D eigenvalue weighted by atomic mass is 19.1. The van der Waals surface area contributed by atoms with Crippen molar-refractivity contribution in [3.63, 3.8) is 0 Å². The summed E-state index contributed by atoms with van der Waals surface area (Å²) < 4.78 is 18.8. The van der Waals surface area contributed by atoms with Crippen molar-refractivity contribution < 1.29 is 9.13 Å². The van der Waals surface area contributed by atoms with Crippen LogP contribution in [0.25, 0.3) is 0 Å². The van der Waals surface area contributed by atoms with Gasteiger partial charge in [-0.05, 0) is 24.6 Å². The lowest BCUT2D eigenvalue weighted by molar-refractivity contribution is 0.116. The molecule has 1 N–H and O–H groups in total. The van der Waals surface area contributed by atoms with E-state index in [4.69, 9.17) is 4.74 Å². The Morgan fingerprint density at radius 1 is 0.950 bits per heavy atom. The molecular formula is C17H20FNO. The van der Waals surface area contributed by atoms with Gasteiger partial charge < -0.3 is 10.1 Å². The van der Waals surface area contributed by atoms with Crippen molar-refractivity contribution in [2.45, 2.75) is 19.6 Å². The summed E-state index contributed by atoms with van der Waals surface area (Å²) in [5.41, 5.74) is 1.89. The van der Waals surface area contributed by atoms with E-state index in [2.05, 4.69) is 17.4 Å². The van der Waals surface area contributed by atoms with Crippen molar-refractivity contribution in [1.29, 1.82) is 0 Å². The Kier molecular flexibility index (Phi) is 6.21. The third-order valence-electron chi connectivity index (χ3n) is 3.03. The van der Waals surface area contributed by atoms with Gasteiger partial charge in [0, 0.05) is 18.7 Å². The van der Waals surface area contributed by atoms with Crippen molar-refractivity contribution in [3.8, 4) is 0 Å². The summed E-state index contributed by atoms with van der Waals surface area (Å²) in [4.78, 5) is 0. The van der Waals surface area contributed by atoms with E-state index in [0.29, 0.717) is 18.8 Å². The standard InChI is InChI=1S/C17H20FNO/c18-17-10-5-4-9-16(17)14-20-12-6-11-19-13-15-7-2-1-3-8-15/h1-5,7-10,19H,6,11-14H2. The first-order valence-corrected chi connectivity index (χ1v) is 6.92. The van der Waals surface area contributed by atoms with Crippen LogP contribution in [-0.4, -0.2) is 13.2 Å². The van der Waals surface area contributed by atoms with E-state index in [0.717, 1.165) is 19.5 Å². The third kappa shape index (κ3) is 5.11. The molecule has 0 aliphatic heterocycles. The molecule has 3 heteroatoms. The Morgan fingerprint density at radius 3 is 2.50 bits per heavy atom. The quantitative estimate of drug-likeness (QED) is 0.743. The molecule has 0 spiro atoms. The van der Waals surface area contributed by atoms with Crippen molar-refractivity contribution >= 4 is 0 Å². The molecule has 2 aromatic carbocycles. The normalized spacial score (nSPS) is 10.7. The first-order valence-electron chi connectivity index (χ1n) is 6.92. The molecule has 0 bridgehead atoms. The number of hydrogen-bond acceptors (Lipinski definition) is 2. The lowest BCUT2D eigenvalue weighted by atomic mass is 10.2. The Labute approximate surface area is 119 Å². The fraction of sp³-hybridized carbons (Fsp3) is 0.294. The molecule has 0 heterocycles. The Bertz CT molecular complexity index is 501. The Hall–Kier alpha value is -1.71. The molecule has 2 rings (SSSR count). The van der Waals surface area contributed by atoms with E-state index in [-0.39, 0.29) is 5.82 Å². The average Bonchev–Trinajstić information content (AvgIpc) is 2.49. The molecule has 2 aromatic rings. The zero-order valence-electron chi connectivity index (χ0n) is 11.5. The molecule has 0 aliphatic carbocycles. The summed E-state index contributed by atoms with van der Waals surface area (Å²) in [5.74, 6) is -0.199. The monoisotopic (exact) mass is 273 g/mol. The smallest absolute Gasteiger partial charge is 0.128 e. The van der Waals surface area contributed by atoms with Crippen LogP contribution in [0.15, 0.2) is 54.6 Å². The predicted octanol–water partition coefficient (Wildman–Crippen LogP) is 3.52. The summed E-state index contributed by atoms with van der Waals surface area (Å²) in [6.45, 7) is 2.74. The largest absolute Gasteiger partial charge is 0.377 e. The topological polar surface area (TPSA) is 21.3 Å². The minimum absolute atomic E-state index is 0.199. The van der Waals surface area contributed by atoms with Crippen LogP contribution in [-0.2, 0) is 17.9 Å². The minimum Gasteiger partial charge on any atom is -0.377 e. The van der Waals surface area contributed by atoms with Gasteiger partial charge in [-0.25, -0.2) is 4.39 Å². The molecule has 0 aromatic heterocycles. The van der Waals surface area contributed by atoms with Gasteiger partial charge in [-0.2, -0.15) is 0 Å². The van der Waals surface area contributed by atoms with Crippen molar-refractivity contribution in [2.24, 2.45) is 0 Å². The highest BCUT2D eigenvalue weighted by molar-refractivity contribution is 5.16. The second-order valence-corrected chi connectivity index (χ2v) is 4.66. The Balaban J connectivity index is 1.53. The number of nitrogens with one attached hydrogen (secondary N) is 1. The number of ether oxygens (including phenoxy) is 1. The van der Waals surface area contributed by atoms with Crippen LogP contribution in [0.5, 0.6) is 0 Å². The van der Waals surface area contributed by atoms with Crippen molar-refractivity contribution in [2.75, 3.05) is 13.2 Å². The lowest BCUT2D eigenvalue weighted by Gasteiger charge is -2.07. The van der Waals surface area contributed by atoms with E-state index >= 15 is 0 Å². The molecule has 0 saturated carbocycles. The van der Waals surface area contributed by atoms with Crippen LogP contribution in [0, 0.1) is 5.82 Å². The molecule has 2 nitrogen and oxygen atoms in total. The molecule has 0 radical (unpaired) electrons. The minimum atomic E-state index is -0.199. The van der Waals surface area contributed by atoms with Gasteiger partial charge in [0.2, 0.25) is 0 Å². The molecule has 0 atom stereocenters. The molecule has 106 valence electrons. The van der Waals surface area contributed by atoms with Crippen molar-refractivity contribution in [1.82, 2.24) is 5.32 Å². The zero-order chi connectivity index (χ0) is 14.0.